The smallest absolute Gasteiger partial charge is 0.251 e. The summed E-state index contributed by atoms with van der Waals surface area (Å²) in [4.78, 5) is 28.7. The SMILES string of the molecule is O=C(NCC(=O)N1CCN(Cc2ccc(F)cc2Cl)CC1)c1ccc2n[nH]nc2c1. The van der Waals surface area contributed by atoms with E-state index in [0.717, 1.165) is 5.56 Å². The van der Waals surface area contributed by atoms with E-state index in [1.807, 2.05) is 0 Å². The van der Waals surface area contributed by atoms with Crippen LogP contribution in [0.5, 0.6) is 0 Å². The topological polar surface area (TPSA) is 94.2 Å². The van der Waals surface area contributed by atoms with Crippen LogP contribution in [0, 0.1) is 5.82 Å². The van der Waals surface area contributed by atoms with Gasteiger partial charge >= 0.3 is 0 Å². The first-order valence-electron chi connectivity index (χ1n) is 9.52. The van der Waals surface area contributed by atoms with Gasteiger partial charge in [-0.1, -0.05) is 17.7 Å². The number of aromatic amines is 1. The maximum atomic E-state index is 13.2. The van der Waals surface area contributed by atoms with E-state index in [1.54, 1.807) is 29.2 Å². The fraction of sp³-hybridized carbons (Fsp3) is 0.300. The number of H-pyrrole nitrogens is 1. The summed E-state index contributed by atoms with van der Waals surface area (Å²) in [5.41, 5.74) is 2.54. The highest BCUT2D eigenvalue weighted by Crippen LogP contribution is 2.19. The van der Waals surface area contributed by atoms with Crippen LogP contribution in [0.2, 0.25) is 5.02 Å². The number of nitrogens with zero attached hydrogens (tertiary/aromatic N) is 4. The summed E-state index contributed by atoms with van der Waals surface area (Å²) in [6.07, 6.45) is 0. The Morgan fingerprint density at radius 3 is 2.60 bits per heavy atom. The molecule has 3 aromatic rings. The Labute approximate surface area is 177 Å². The molecule has 0 bridgehead atoms. The maximum absolute atomic E-state index is 13.2. The number of hydrogen-bond acceptors (Lipinski definition) is 5. The lowest BCUT2D eigenvalue weighted by molar-refractivity contribution is -0.131. The Balaban J connectivity index is 1.25. The molecule has 0 aliphatic carbocycles. The van der Waals surface area contributed by atoms with Crippen LogP contribution in [0.4, 0.5) is 4.39 Å². The number of amides is 2. The quantitative estimate of drug-likeness (QED) is 0.644. The molecule has 156 valence electrons. The monoisotopic (exact) mass is 430 g/mol. The number of rotatable bonds is 5. The largest absolute Gasteiger partial charge is 0.343 e. The van der Waals surface area contributed by atoms with Crippen LogP contribution >= 0.6 is 11.6 Å². The number of nitrogens with one attached hydrogen (secondary N) is 2. The average molecular weight is 431 g/mol. The lowest BCUT2D eigenvalue weighted by atomic mass is 10.2. The standard InChI is InChI=1S/C20H20ClFN6O2/c21-16-10-15(22)3-1-14(16)12-27-5-7-28(8-6-27)19(29)11-23-20(30)13-2-4-17-18(9-13)25-26-24-17/h1-4,9-10H,5-8,11-12H2,(H,23,30)(H,24,25,26). The molecule has 30 heavy (non-hydrogen) atoms. The van der Waals surface area contributed by atoms with Gasteiger partial charge < -0.3 is 10.2 Å². The van der Waals surface area contributed by atoms with Crippen molar-refractivity contribution in [3.63, 3.8) is 0 Å². The summed E-state index contributed by atoms with van der Waals surface area (Å²) in [5.74, 6) is -0.828. The summed E-state index contributed by atoms with van der Waals surface area (Å²) >= 11 is 6.09. The molecule has 2 heterocycles. The van der Waals surface area contributed by atoms with Crippen molar-refractivity contribution in [1.29, 1.82) is 0 Å². The van der Waals surface area contributed by atoms with Crippen LogP contribution in [0.25, 0.3) is 11.0 Å². The molecule has 2 amide bonds. The van der Waals surface area contributed by atoms with Crippen molar-refractivity contribution < 1.29 is 14.0 Å². The second kappa shape index (κ2) is 8.76. The zero-order chi connectivity index (χ0) is 21.1. The van der Waals surface area contributed by atoms with Crippen molar-refractivity contribution in [2.75, 3.05) is 32.7 Å². The molecule has 0 unspecified atom stereocenters. The molecule has 2 N–H and O–H groups in total. The van der Waals surface area contributed by atoms with Crippen molar-refractivity contribution in [3.8, 4) is 0 Å². The summed E-state index contributed by atoms with van der Waals surface area (Å²) in [6, 6.07) is 9.34. The van der Waals surface area contributed by atoms with Gasteiger partial charge in [0.2, 0.25) is 5.91 Å². The van der Waals surface area contributed by atoms with Crippen LogP contribution in [0.15, 0.2) is 36.4 Å². The molecule has 8 nitrogen and oxygen atoms in total. The molecule has 2 aromatic carbocycles. The lowest BCUT2D eigenvalue weighted by Crippen LogP contribution is -2.50. The normalized spacial score (nSPS) is 14.8. The van der Waals surface area contributed by atoms with Gasteiger partial charge in [-0.15, -0.1) is 0 Å². The number of fused-ring (bicyclic) bond motifs is 1. The van der Waals surface area contributed by atoms with Crippen LogP contribution < -0.4 is 5.32 Å². The number of halogens is 2. The minimum atomic E-state index is -0.359. The zero-order valence-corrected chi connectivity index (χ0v) is 16.8. The highest BCUT2D eigenvalue weighted by atomic mass is 35.5. The average Bonchev–Trinajstić information content (AvgIpc) is 3.22. The third-order valence-corrected chi connectivity index (χ3v) is 5.46. The second-order valence-corrected chi connectivity index (χ2v) is 7.51. The van der Waals surface area contributed by atoms with Gasteiger partial charge in [0, 0.05) is 43.3 Å². The van der Waals surface area contributed by atoms with Crippen LogP contribution in [0.3, 0.4) is 0 Å². The Morgan fingerprint density at radius 2 is 1.83 bits per heavy atom. The van der Waals surface area contributed by atoms with Crippen molar-refractivity contribution in [2.24, 2.45) is 0 Å². The molecule has 0 saturated carbocycles. The lowest BCUT2D eigenvalue weighted by Gasteiger charge is -2.35. The van der Waals surface area contributed by atoms with E-state index in [-0.39, 0.29) is 24.2 Å². The van der Waals surface area contributed by atoms with Gasteiger partial charge in [-0.2, -0.15) is 15.4 Å². The van der Waals surface area contributed by atoms with Crippen LogP contribution in [-0.4, -0.2) is 69.7 Å². The Hall–Kier alpha value is -3.04. The van der Waals surface area contributed by atoms with Crippen molar-refractivity contribution in [1.82, 2.24) is 30.5 Å². The van der Waals surface area contributed by atoms with Gasteiger partial charge in [0.15, 0.2) is 0 Å². The maximum Gasteiger partial charge on any atom is 0.251 e. The molecule has 0 atom stereocenters. The van der Waals surface area contributed by atoms with E-state index in [0.29, 0.717) is 54.3 Å². The Morgan fingerprint density at radius 1 is 1.07 bits per heavy atom. The van der Waals surface area contributed by atoms with E-state index < -0.39 is 0 Å². The molecular weight excluding hydrogens is 411 g/mol. The van der Waals surface area contributed by atoms with Gasteiger partial charge in [0.1, 0.15) is 16.9 Å². The predicted molar refractivity (Wildman–Crippen MR) is 109 cm³/mol. The van der Waals surface area contributed by atoms with Crippen molar-refractivity contribution >= 4 is 34.4 Å². The Kier molecular flexibility index (Phi) is 5.91. The summed E-state index contributed by atoms with van der Waals surface area (Å²) in [5, 5.41) is 13.5. The van der Waals surface area contributed by atoms with Gasteiger partial charge in [0.05, 0.1) is 6.54 Å². The van der Waals surface area contributed by atoms with E-state index in [1.165, 1.54) is 12.1 Å². The van der Waals surface area contributed by atoms with Gasteiger partial charge in [-0.25, -0.2) is 4.39 Å². The first-order valence-corrected chi connectivity index (χ1v) is 9.90. The van der Waals surface area contributed by atoms with Crippen molar-refractivity contribution in [2.45, 2.75) is 6.54 Å². The molecule has 1 saturated heterocycles. The van der Waals surface area contributed by atoms with E-state index in [4.69, 9.17) is 11.6 Å². The van der Waals surface area contributed by atoms with Crippen molar-refractivity contribution in [3.05, 3.63) is 58.4 Å². The van der Waals surface area contributed by atoms with Crippen LogP contribution in [-0.2, 0) is 11.3 Å². The number of hydrogen-bond donors (Lipinski definition) is 2. The van der Waals surface area contributed by atoms with E-state index in [9.17, 15) is 14.0 Å². The third kappa shape index (κ3) is 4.58. The minimum absolute atomic E-state index is 0.0700. The summed E-state index contributed by atoms with van der Waals surface area (Å²) < 4.78 is 13.2. The number of benzene rings is 2. The zero-order valence-electron chi connectivity index (χ0n) is 16.1. The fourth-order valence-corrected chi connectivity index (χ4v) is 3.62. The first-order chi connectivity index (χ1) is 14.5. The van der Waals surface area contributed by atoms with Gasteiger partial charge in [0.25, 0.3) is 5.91 Å². The molecule has 1 aliphatic heterocycles. The van der Waals surface area contributed by atoms with Crippen LogP contribution in [0.1, 0.15) is 15.9 Å². The number of carbonyl (C=O) groups excluding carboxylic acids is 2. The van der Waals surface area contributed by atoms with E-state index in [2.05, 4.69) is 25.6 Å². The van der Waals surface area contributed by atoms with E-state index >= 15 is 0 Å². The number of carbonyl (C=O) groups is 2. The molecule has 4 rings (SSSR count). The minimum Gasteiger partial charge on any atom is -0.343 e. The highest BCUT2D eigenvalue weighted by Gasteiger charge is 2.22. The first kappa shape index (κ1) is 20.2. The Bertz CT molecular complexity index is 1080. The molecule has 1 aromatic heterocycles. The van der Waals surface area contributed by atoms with Gasteiger partial charge in [-0.3, -0.25) is 14.5 Å². The number of piperazine rings is 1. The third-order valence-electron chi connectivity index (χ3n) is 5.11. The summed E-state index contributed by atoms with van der Waals surface area (Å²) in [7, 11) is 0. The second-order valence-electron chi connectivity index (χ2n) is 7.10. The molecule has 0 spiro atoms. The summed E-state index contributed by atoms with van der Waals surface area (Å²) in [6.45, 7) is 2.99. The highest BCUT2D eigenvalue weighted by molar-refractivity contribution is 6.31. The molecule has 0 radical (unpaired) electrons. The molecule has 10 heteroatoms. The molecular formula is C20H20ClFN6O2. The predicted octanol–water partition coefficient (Wildman–Crippen LogP) is 1.82. The molecule has 1 aliphatic rings. The number of aromatic nitrogens is 3. The van der Waals surface area contributed by atoms with Gasteiger partial charge in [-0.05, 0) is 35.9 Å². The fourth-order valence-electron chi connectivity index (χ4n) is 3.40. The molecule has 1 fully saturated rings.